The van der Waals surface area contributed by atoms with Gasteiger partial charge in [0.15, 0.2) is 6.10 Å². The van der Waals surface area contributed by atoms with Crippen molar-refractivity contribution in [1.29, 1.82) is 0 Å². The monoisotopic (exact) mass is 395 g/mol. The van der Waals surface area contributed by atoms with Gasteiger partial charge in [0.1, 0.15) is 5.75 Å². The summed E-state index contributed by atoms with van der Waals surface area (Å²) in [5.41, 5.74) is 0.920. The third-order valence-electron chi connectivity index (χ3n) is 3.94. The van der Waals surface area contributed by atoms with E-state index in [9.17, 15) is 23.2 Å². The van der Waals surface area contributed by atoms with Crippen molar-refractivity contribution in [1.82, 2.24) is 9.78 Å². The standard InChI is InChI=1S/C18H19F2N3O5/c1-9-14(10(2)23(4)22-9)15(24)17(26)27-11(3)16(25)21-12-7-5-6-8-13(12)28-18(19)20/h5-8,11,18H,1-4H3,(H,21,25). The number of alkyl halides is 2. The zero-order chi connectivity index (χ0) is 21.0. The van der Waals surface area contributed by atoms with Crippen LogP contribution in [0.25, 0.3) is 0 Å². The van der Waals surface area contributed by atoms with Crippen LogP contribution >= 0.6 is 0 Å². The molecule has 0 saturated carbocycles. The summed E-state index contributed by atoms with van der Waals surface area (Å²) in [5, 5.41) is 6.38. The number of benzene rings is 1. The lowest BCUT2D eigenvalue weighted by Gasteiger charge is -2.15. The van der Waals surface area contributed by atoms with Crippen LogP contribution in [-0.2, 0) is 21.4 Å². The summed E-state index contributed by atoms with van der Waals surface area (Å²) < 4.78 is 35.6. The minimum Gasteiger partial charge on any atom is -0.447 e. The van der Waals surface area contributed by atoms with Gasteiger partial charge in [0.05, 0.1) is 16.9 Å². The van der Waals surface area contributed by atoms with Gasteiger partial charge in [-0.3, -0.25) is 14.3 Å². The number of hydrogen-bond acceptors (Lipinski definition) is 6. The number of anilines is 1. The van der Waals surface area contributed by atoms with Gasteiger partial charge >= 0.3 is 12.6 Å². The van der Waals surface area contributed by atoms with Crippen LogP contribution in [0, 0.1) is 13.8 Å². The fourth-order valence-corrected chi connectivity index (χ4v) is 2.47. The maximum Gasteiger partial charge on any atom is 0.387 e. The number of nitrogens with zero attached hydrogens (tertiary/aromatic N) is 2. The normalized spacial score (nSPS) is 11.8. The minimum atomic E-state index is -3.07. The minimum absolute atomic E-state index is 0.0269. The van der Waals surface area contributed by atoms with E-state index in [1.54, 1.807) is 20.9 Å². The number of ether oxygens (including phenoxy) is 2. The van der Waals surface area contributed by atoms with Crippen LogP contribution in [0.2, 0.25) is 0 Å². The van der Waals surface area contributed by atoms with Crippen LogP contribution in [0.5, 0.6) is 5.75 Å². The Labute approximate surface area is 159 Å². The molecule has 0 saturated heterocycles. The first-order valence-electron chi connectivity index (χ1n) is 8.22. The fourth-order valence-electron chi connectivity index (χ4n) is 2.47. The zero-order valence-electron chi connectivity index (χ0n) is 15.7. The molecular formula is C18H19F2N3O5. The van der Waals surface area contributed by atoms with Gasteiger partial charge in [-0.1, -0.05) is 12.1 Å². The van der Waals surface area contributed by atoms with E-state index < -0.39 is 30.4 Å². The molecule has 0 aliphatic rings. The molecule has 1 aromatic carbocycles. The number of carbonyl (C=O) groups is 3. The number of halogens is 2. The molecule has 28 heavy (non-hydrogen) atoms. The number of para-hydroxylation sites is 2. The molecule has 1 amide bonds. The van der Waals surface area contributed by atoms with Crippen molar-refractivity contribution in [3.63, 3.8) is 0 Å². The molecule has 1 aromatic heterocycles. The Kier molecular flexibility index (Phi) is 6.45. The molecule has 1 heterocycles. The number of nitrogens with one attached hydrogen (secondary N) is 1. The summed E-state index contributed by atoms with van der Waals surface area (Å²) in [6, 6.07) is 5.55. The van der Waals surface area contributed by atoms with Gasteiger partial charge in [-0.2, -0.15) is 13.9 Å². The number of hydrogen-bond donors (Lipinski definition) is 1. The third kappa shape index (κ3) is 4.70. The zero-order valence-corrected chi connectivity index (χ0v) is 15.7. The number of carbonyl (C=O) groups excluding carboxylic acids is 3. The highest BCUT2D eigenvalue weighted by Crippen LogP contribution is 2.25. The number of esters is 1. The predicted molar refractivity (Wildman–Crippen MR) is 94.3 cm³/mol. The van der Waals surface area contributed by atoms with Gasteiger partial charge in [0.2, 0.25) is 0 Å². The maximum absolute atomic E-state index is 12.4. The molecule has 0 radical (unpaired) electrons. The van der Waals surface area contributed by atoms with E-state index in [2.05, 4.69) is 15.2 Å². The Morgan fingerprint density at radius 1 is 1.18 bits per heavy atom. The molecule has 1 atom stereocenters. The second kappa shape index (κ2) is 8.59. The number of aryl methyl sites for hydroxylation is 2. The molecule has 150 valence electrons. The number of rotatable bonds is 7. The van der Waals surface area contributed by atoms with E-state index >= 15 is 0 Å². The van der Waals surface area contributed by atoms with Gasteiger partial charge in [0, 0.05) is 12.7 Å². The SMILES string of the molecule is Cc1nn(C)c(C)c1C(=O)C(=O)OC(C)C(=O)Nc1ccccc1OC(F)F. The molecule has 0 aliphatic heterocycles. The lowest BCUT2D eigenvalue weighted by molar-refractivity contribution is -0.148. The predicted octanol–water partition coefficient (Wildman–Crippen LogP) is 2.39. The van der Waals surface area contributed by atoms with E-state index in [1.165, 1.54) is 35.9 Å². The lowest BCUT2D eigenvalue weighted by Crippen LogP contribution is -2.33. The largest absolute Gasteiger partial charge is 0.447 e. The molecule has 1 N–H and O–H groups in total. The van der Waals surface area contributed by atoms with Crippen LogP contribution in [0.15, 0.2) is 24.3 Å². The van der Waals surface area contributed by atoms with Gasteiger partial charge in [0.25, 0.3) is 11.7 Å². The molecule has 0 fully saturated rings. The summed E-state index contributed by atoms with van der Waals surface area (Å²) >= 11 is 0. The van der Waals surface area contributed by atoms with Crippen LogP contribution in [0.4, 0.5) is 14.5 Å². The molecule has 8 nitrogen and oxygen atoms in total. The first-order chi connectivity index (χ1) is 13.1. The molecule has 0 bridgehead atoms. The van der Waals surface area contributed by atoms with Crippen LogP contribution < -0.4 is 10.1 Å². The second-order valence-corrected chi connectivity index (χ2v) is 5.91. The Hall–Kier alpha value is -3.30. The molecular weight excluding hydrogens is 376 g/mol. The maximum atomic E-state index is 12.4. The highest BCUT2D eigenvalue weighted by Gasteiger charge is 2.28. The molecule has 0 spiro atoms. The van der Waals surface area contributed by atoms with Crippen molar-refractivity contribution < 1.29 is 32.6 Å². The smallest absolute Gasteiger partial charge is 0.387 e. The van der Waals surface area contributed by atoms with Crippen molar-refractivity contribution in [3.05, 3.63) is 41.2 Å². The van der Waals surface area contributed by atoms with Gasteiger partial charge in [-0.15, -0.1) is 0 Å². The second-order valence-electron chi connectivity index (χ2n) is 5.91. The highest BCUT2D eigenvalue weighted by molar-refractivity contribution is 6.41. The molecule has 10 heteroatoms. The molecule has 2 rings (SSSR count). The van der Waals surface area contributed by atoms with Crippen LogP contribution in [-0.4, -0.2) is 40.2 Å². The van der Waals surface area contributed by atoms with Crippen LogP contribution in [0.3, 0.4) is 0 Å². The van der Waals surface area contributed by atoms with Gasteiger partial charge in [-0.05, 0) is 32.9 Å². The van der Waals surface area contributed by atoms with Crippen LogP contribution in [0.1, 0.15) is 28.7 Å². The summed E-state index contributed by atoms with van der Waals surface area (Å²) in [6.45, 7) is 1.37. The van der Waals surface area contributed by atoms with E-state index in [0.29, 0.717) is 11.4 Å². The number of amides is 1. The van der Waals surface area contributed by atoms with Gasteiger partial charge < -0.3 is 14.8 Å². The van der Waals surface area contributed by atoms with Crippen molar-refractivity contribution in [2.75, 3.05) is 5.32 Å². The molecule has 2 aromatic rings. The summed E-state index contributed by atoms with van der Waals surface area (Å²) in [4.78, 5) is 36.7. The Bertz CT molecular complexity index is 911. The third-order valence-corrected chi connectivity index (χ3v) is 3.94. The van der Waals surface area contributed by atoms with Crippen molar-refractivity contribution >= 4 is 23.3 Å². The number of Topliss-reactive ketones (excluding diaryl/α,β-unsaturated/α-hetero) is 1. The Balaban J connectivity index is 2.06. The quantitative estimate of drug-likeness (QED) is 0.439. The topological polar surface area (TPSA) is 99.5 Å². The van der Waals surface area contributed by atoms with E-state index in [1.807, 2.05) is 0 Å². The number of aromatic nitrogens is 2. The summed E-state index contributed by atoms with van der Waals surface area (Å²) in [6.07, 6.45) is -1.35. The average molecular weight is 395 g/mol. The fraction of sp³-hybridized carbons (Fsp3) is 0.333. The first kappa shape index (κ1) is 21.0. The van der Waals surface area contributed by atoms with E-state index in [0.717, 1.165) is 0 Å². The highest BCUT2D eigenvalue weighted by atomic mass is 19.3. The van der Waals surface area contributed by atoms with E-state index in [4.69, 9.17) is 4.74 Å². The summed E-state index contributed by atoms with van der Waals surface area (Å²) in [7, 11) is 1.62. The molecule has 1 unspecified atom stereocenters. The van der Waals surface area contributed by atoms with E-state index in [-0.39, 0.29) is 17.0 Å². The summed E-state index contributed by atoms with van der Waals surface area (Å²) in [5.74, 6) is -3.21. The number of ketones is 1. The lowest BCUT2D eigenvalue weighted by atomic mass is 10.1. The van der Waals surface area contributed by atoms with Crippen molar-refractivity contribution in [2.45, 2.75) is 33.5 Å². The van der Waals surface area contributed by atoms with Crippen molar-refractivity contribution in [2.24, 2.45) is 7.05 Å². The Morgan fingerprint density at radius 2 is 1.82 bits per heavy atom. The average Bonchev–Trinajstić information content (AvgIpc) is 2.87. The van der Waals surface area contributed by atoms with Gasteiger partial charge in [-0.25, -0.2) is 4.79 Å². The van der Waals surface area contributed by atoms with Crippen molar-refractivity contribution in [3.8, 4) is 5.75 Å². The first-order valence-corrected chi connectivity index (χ1v) is 8.22. The Morgan fingerprint density at radius 3 is 2.39 bits per heavy atom. The molecule has 0 aliphatic carbocycles.